The van der Waals surface area contributed by atoms with Crippen molar-refractivity contribution >= 4 is 15.9 Å². The number of alkyl halides is 1. The van der Waals surface area contributed by atoms with Crippen LogP contribution in [0.2, 0.25) is 0 Å². The number of hydrogen-bond donors (Lipinski definition) is 0. The van der Waals surface area contributed by atoms with E-state index in [2.05, 4.69) is 21.0 Å². The molecule has 0 fully saturated rings. The Labute approximate surface area is 95.9 Å². The van der Waals surface area contributed by atoms with Crippen LogP contribution in [0.15, 0.2) is 30.3 Å². The van der Waals surface area contributed by atoms with Crippen molar-refractivity contribution in [2.75, 3.05) is 0 Å². The second-order valence-electron chi connectivity index (χ2n) is 3.29. The molecule has 1 aromatic heterocycles. The molecule has 0 N–H and O–H groups in total. The molecule has 0 amide bonds. The van der Waals surface area contributed by atoms with E-state index in [4.69, 9.17) is 0 Å². The van der Waals surface area contributed by atoms with Crippen LogP contribution in [0, 0.1) is 5.82 Å². The lowest BCUT2D eigenvalue weighted by atomic mass is 10.1. The van der Waals surface area contributed by atoms with Crippen molar-refractivity contribution in [2.24, 2.45) is 7.05 Å². The van der Waals surface area contributed by atoms with Gasteiger partial charge in [-0.1, -0.05) is 15.9 Å². The highest BCUT2D eigenvalue weighted by atomic mass is 79.9. The number of rotatable bonds is 2. The van der Waals surface area contributed by atoms with Gasteiger partial charge in [0.25, 0.3) is 0 Å². The number of halogens is 2. The average Bonchev–Trinajstić information content (AvgIpc) is 2.61. The van der Waals surface area contributed by atoms with Gasteiger partial charge in [-0.3, -0.25) is 4.68 Å². The summed E-state index contributed by atoms with van der Waals surface area (Å²) in [4.78, 5) is 0. The first-order valence-electron chi connectivity index (χ1n) is 4.55. The maximum Gasteiger partial charge on any atom is 0.123 e. The van der Waals surface area contributed by atoms with E-state index in [1.165, 1.54) is 12.1 Å². The van der Waals surface area contributed by atoms with Crippen LogP contribution in [0.1, 0.15) is 5.69 Å². The lowest BCUT2D eigenvalue weighted by molar-refractivity contribution is 0.628. The zero-order chi connectivity index (χ0) is 10.8. The first-order chi connectivity index (χ1) is 7.20. The Morgan fingerprint density at radius 1 is 1.33 bits per heavy atom. The number of hydrogen-bond acceptors (Lipinski definition) is 1. The molecule has 2 aromatic rings. The summed E-state index contributed by atoms with van der Waals surface area (Å²) in [6, 6.07) is 8.34. The largest absolute Gasteiger partial charge is 0.271 e. The third-order valence-corrected chi connectivity index (χ3v) is 2.83. The molecule has 0 bridgehead atoms. The van der Waals surface area contributed by atoms with Gasteiger partial charge < -0.3 is 0 Å². The molecule has 2 nitrogen and oxygen atoms in total. The zero-order valence-electron chi connectivity index (χ0n) is 8.24. The Bertz CT molecular complexity index is 462. The minimum Gasteiger partial charge on any atom is -0.271 e. The van der Waals surface area contributed by atoms with Crippen LogP contribution in [0.4, 0.5) is 4.39 Å². The highest BCUT2D eigenvalue weighted by Gasteiger charge is 2.05. The van der Waals surface area contributed by atoms with E-state index in [0.29, 0.717) is 0 Å². The fourth-order valence-corrected chi connectivity index (χ4v) is 1.92. The van der Waals surface area contributed by atoms with Gasteiger partial charge in [-0.05, 0) is 30.3 Å². The van der Waals surface area contributed by atoms with Crippen LogP contribution in [0.5, 0.6) is 0 Å². The van der Waals surface area contributed by atoms with Gasteiger partial charge in [-0.2, -0.15) is 5.10 Å². The van der Waals surface area contributed by atoms with Gasteiger partial charge in [-0.25, -0.2) is 4.39 Å². The third-order valence-electron chi connectivity index (χ3n) is 2.25. The monoisotopic (exact) mass is 268 g/mol. The average molecular weight is 269 g/mol. The van der Waals surface area contributed by atoms with Gasteiger partial charge in [0.2, 0.25) is 0 Å². The van der Waals surface area contributed by atoms with Crippen molar-refractivity contribution in [1.82, 2.24) is 9.78 Å². The Morgan fingerprint density at radius 3 is 2.53 bits per heavy atom. The Kier molecular flexibility index (Phi) is 2.86. The van der Waals surface area contributed by atoms with Crippen molar-refractivity contribution < 1.29 is 4.39 Å². The SMILES string of the molecule is Cn1nc(-c2ccc(F)cc2)cc1CBr. The van der Waals surface area contributed by atoms with E-state index in [1.54, 1.807) is 12.1 Å². The predicted molar refractivity (Wildman–Crippen MR) is 61.2 cm³/mol. The molecule has 0 aliphatic rings. The first kappa shape index (κ1) is 10.4. The zero-order valence-corrected chi connectivity index (χ0v) is 9.83. The van der Waals surface area contributed by atoms with E-state index in [0.717, 1.165) is 22.3 Å². The van der Waals surface area contributed by atoms with Gasteiger partial charge >= 0.3 is 0 Å². The van der Waals surface area contributed by atoms with Crippen molar-refractivity contribution in [3.05, 3.63) is 41.8 Å². The molecule has 0 spiro atoms. The molecule has 1 aromatic carbocycles. The van der Waals surface area contributed by atoms with Crippen molar-refractivity contribution in [3.63, 3.8) is 0 Å². The fraction of sp³-hybridized carbons (Fsp3) is 0.182. The third kappa shape index (κ3) is 2.09. The molecule has 0 aliphatic heterocycles. The maximum absolute atomic E-state index is 12.7. The van der Waals surface area contributed by atoms with Crippen LogP contribution >= 0.6 is 15.9 Å². The number of aromatic nitrogens is 2. The van der Waals surface area contributed by atoms with E-state index in [1.807, 2.05) is 17.8 Å². The number of aryl methyl sites for hydroxylation is 1. The minimum absolute atomic E-state index is 0.226. The van der Waals surface area contributed by atoms with Crippen molar-refractivity contribution in [3.8, 4) is 11.3 Å². The number of nitrogens with zero attached hydrogens (tertiary/aromatic N) is 2. The second kappa shape index (κ2) is 4.14. The van der Waals surface area contributed by atoms with E-state index >= 15 is 0 Å². The lowest BCUT2D eigenvalue weighted by Gasteiger charge is -1.95. The Morgan fingerprint density at radius 2 is 2.00 bits per heavy atom. The number of benzene rings is 1. The molecule has 15 heavy (non-hydrogen) atoms. The molecule has 0 saturated heterocycles. The van der Waals surface area contributed by atoms with Gasteiger partial charge in [0.1, 0.15) is 5.82 Å². The van der Waals surface area contributed by atoms with E-state index < -0.39 is 0 Å². The quantitative estimate of drug-likeness (QED) is 0.766. The highest BCUT2D eigenvalue weighted by molar-refractivity contribution is 9.08. The molecular weight excluding hydrogens is 259 g/mol. The molecular formula is C11H10BrFN2. The minimum atomic E-state index is -0.226. The van der Waals surface area contributed by atoms with Crippen LogP contribution in [-0.4, -0.2) is 9.78 Å². The first-order valence-corrected chi connectivity index (χ1v) is 5.67. The summed E-state index contributed by atoms with van der Waals surface area (Å²) in [5.74, 6) is -0.226. The Balaban J connectivity index is 2.41. The fourth-order valence-electron chi connectivity index (χ4n) is 1.39. The van der Waals surface area contributed by atoms with Crippen molar-refractivity contribution in [2.45, 2.75) is 5.33 Å². The molecule has 0 aliphatic carbocycles. The highest BCUT2D eigenvalue weighted by Crippen LogP contribution is 2.20. The molecule has 78 valence electrons. The van der Waals surface area contributed by atoms with Crippen LogP contribution < -0.4 is 0 Å². The molecule has 4 heteroatoms. The topological polar surface area (TPSA) is 17.8 Å². The van der Waals surface area contributed by atoms with E-state index in [9.17, 15) is 4.39 Å². The predicted octanol–water partition coefficient (Wildman–Crippen LogP) is 3.12. The van der Waals surface area contributed by atoms with Gasteiger partial charge in [0.15, 0.2) is 0 Å². The molecule has 0 saturated carbocycles. The molecule has 0 radical (unpaired) electrons. The normalized spacial score (nSPS) is 10.6. The Hall–Kier alpha value is -1.16. The van der Waals surface area contributed by atoms with Crippen LogP contribution in [-0.2, 0) is 12.4 Å². The summed E-state index contributed by atoms with van der Waals surface area (Å²) >= 11 is 3.38. The molecule has 0 atom stereocenters. The summed E-state index contributed by atoms with van der Waals surface area (Å²) in [6.45, 7) is 0. The van der Waals surface area contributed by atoms with Gasteiger partial charge in [0.05, 0.1) is 5.69 Å². The van der Waals surface area contributed by atoms with Crippen LogP contribution in [0.25, 0.3) is 11.3 Å². The summed E-state index contributed by atoms with van der Waals surface area (Å²) in [6.07, 6.45) is 0. The maximum atomic E-state index is 12.7. The molecule has 0 unspecified atom stereocenters. The smallest absolute Gasteiger partial charge is 0.123 e. The van der Waals surface area contributed by atoms with Crippen molar-refractivity contribution in [1.29, 1.82) is 0 Å². The molecule has 2 rings (SSSR count). The second-order valence-corrected chi connectivity index (χ2v) is 3.85. The summed E-state index contributed by atoms with van der Waals surface area (Å²) < 4.78 is 14.5. The molecule has 1 heterocycles. The van der Waals surface area contributed by atoms with Crippen LogP contribution in [0.3, 0.4) is 0 Å². The summed E-state index contributed by atoms with van der Waals surface area (Å²) in [7, 11) is 1.89. The van der Waals surface area contributed by atoms with E-state index in [-0.39, 0.29) is 5.82 Å². The van der Waals surface area contributed by atoms with Gasteiger partial charge in [0, 0.05) is 23.6 Å². The lowest BCUT2D eigenvalue weighted by Crippen LogP contribution is -1.94. The summed E-state index contributed by atoms with van der Waals surface area (Å²) in [5, 5.41) is 5.11. The van der Waals surface area contributed by atoms with Gasteiger partial charge in [-0.15, -0.1) is 0 Å². The standard InChI is InChI=1S/C11H10BrFN2/c1-15-10(7-12)6-11(14-15)8-2-4-9(13)5-3-8/h2-6H,7H2,1H3. The summed E-state index contributed by atoms with van der Waals surface area (Å²) in [5.41, 5.74) is 2.89.